The van der Waals surface area contributed by atoms with Gasteiger partial charge in [0.1, 0.15) is 29.9 Å². The first-order valence-electron chi connectivity index (χ1n) is 27.0. The van der Waals surface area contributed by atoms with Crippen molar-refractivity contribution in [3.05, 3.63) is 226 Å². The van der Waals surface area contributed by atoms with Gasteiger partial charge in [-0.15, -0.1) is 0 Å². The van der Waals surface area contributed by atoms with Crippen LogP contribution in [0.5, 0.6) is 17.2 Å². The van der Waals surface area contributed by atoms with Crippen LogP contribution in [0.15, 0.2) is 176 Å². The Balaban J connectivity index is 1.17. The first-order valence-corrected chi connectivity index (χ1v) is 27.0. The van der Waals surface area contributed by atoms with Crippen LogP contribution in [0.2, 0.25) is 0 Å². The molecule has 7 aromatic rings. The number of benzene rings is 7. The fourth-order valence-corrected chi connectivity index (χ4v) is 12.5. The van der Waals surface area contributed by atoms with Crippen molar-refractivity contribution >= 4 is 29.5 Å². The number of para-hydroxylation sites is 1. The highest BCUT2D eigenvalue weighted by molar-refractivity contribution is 6.25. The van der Waals surface area contributed by atoms with Crippen molar-refractivity contribution in [2.24, 2.45) is 5.92 Å². The topological polar surface area (TPSA) is 150 Å². The lowest BCUT2D eigenvalue weighted by Crippen LogP contribution is -2.57. The van der Waals surface area contributed by atoms with Crippen molar-refractivity contribution in [2.75, 3.05) is 52.5 Å². The van der Waals surface area contributed by atoms with E-state index in [-0.39, 0.29) is 32.0 Å². The fourth-order valence-electron chi connectivity index (χ4n) is 12.5. The zero-order chi connectivity index (χ0) is 55.5. The molecule has 0 radical (unpaired) electrons. The van der Waals surface area contributed by atoms with E-state index in [1.165, 1.54) is 0 Å². The van der Waals surface area contributed by atoms with E-state index in [1.807, 2.05) is 158 Å². The number of hydrogen-bond acceptors (Lipinski definition) is 11. The average molecular weight is 1070 g/mol. The standard InChI is InChI=1S/C66H63N5O9/c1-43(46-23-11-6-12-24-46)67-65(76)70-53-32-31-44(22-19-34-68(2)41-45-20-9-5-10-21-45)38-52(53)66(64(70)75)57(62(73)69-35-33-49-39-55(77-3)56(78-4)40-50(49)42-69)59-63(74)80-60(48-27-15-8-16-28-48)58(47-25-13-7-14-26-47)71(59)61(66)51-29-17-18-30-54(51)79-37-36-72/h5-18,20-21,23-32,38-40,43,57-61,72H,33-37,41-42H2,1-4H3,(H,67,76). The molecular formula is C66H63N5O9. The van der Waals surface area contributed by atoms with Crippen molar-refractivity contribution in [2.45, 2.75) is 62.1 Å². The Labute approximate surface area is 466 Å². The molecule has 7 aromatic carbocycles. The SMILES string of the molecule is COc1cc2c(cc1OC)CN(C(=O)C1C3C(=O)OC(c4ccccc4)C(c4ccccc4)N3C(c3ccccc3OCCO)C13C(=O)N(C(=O)NC(C)c1ccccc1)c1ccc(C#CCN(C)Cc4ccccc4)cc13)CC2. The summed E-state index contributed by atoms with van der Waals surface area (Å²) < 4.78 is 24.7. The van der Waals surface area contributed by atoms with E-state index >= 15 is 19.2 Å². The highest BCUT2D eigenvalue weighted by Crippen LogP contribution is 2.67. The Morgan fingerprint density at radius 2 is 1.41 bits per heavy atom. The summed E-state index contributed by atoms with van der Waals surface area (Å²) in [6, 6.07) is 50.3. The van der Waals surface area contributed by atoms with Gasteiger partial charge in [-0.1, -0.05) is 151 Å². The van der Waals surface area contributed by atoms with E-state index in [0.717, 1.165) is 32.7 Å². The summed E-state index contributed by atoms with van der Waals surface area (Å²) in [5, 5.41) is 13.4. The first-order chi connectivity index (χ1) is 39.0. The lowest BCUT2D eigenvalue weighted by Gasteiger charge is -2.46. The first kappa shape index (κ1) is 53.3. The number of aliphatic hydroxyl groups is 1. The lowest BCUT2D eigenvalue weighted by molar-refractivity contribution is -0.179. The molecule has 80 heavy (non-hydrogen) atoms. The molecule has 11 rings (SSSR count). The third-order valence-corrected chi connectivity index (χ3v) is 16.0. The van der Waals surface area contributed by atoms with E-state index in [4.69, 9.17) is 18.9 Å². The van der Waals surface area contributed by atoms with Crippen molar-refractivity contribution in [3.8, 4) is 29.1 Å². The van der Waals surface area contributed by atoms with Gasteiger partial charge in [0.2, 0.25) is 11.8 Å². The molecule has 7 atom stereocenters. The summed E-state index contributed by atoms with van der Waals surface area (Å²) in [7, 11) is 5.13. The fraction of sp³-hybridized carbons (Fsp3) is 0.273. The van der Waals surface area contributed by atoms with E-state index in [9.17, 15) is 5.11 Å². The predicted octanol–water partition coefficient (Wildman–Crippen LogP) is 9.28. The largest absolute Gasteiger partial charge is 0.493 e. The smallest absolute Gasteiger partial charge is 0.329 e. The third kappa shape index (κ3) is 9.71. The van der Waals surface area contributed by atoms with E-state index in [1.54, 1.807) is 43.4 Å². The van der Waals surface area contributed by atoms with Gasteiger partial charge in [0, 0.05) is 30.8 Å². The maximum atomic E-state index is 17.2. The molecule has 4 amide bonds. The number of nitrogens with zero attached hydrogens (tertiary/aromatic N) is 4. The maximum Gasteiger partial charge on any atom is 0.329 e. The van der Waals surface area contributed by atoms with Gasteiger partial charge in [-0.25, -0.2) is 9.69 Å². The zero-order valence-electron chi connectivity index (χ0n) is 45.2. The summed E-state index contributed by atoms with van der Waals surface area (Å²) in [6.07, 6.45) is -0.517. The van der Waals surface area contributed by atoms with E-state index in [0.29, 0.717) is 59.0 Å². The summed E-state index contributed by atoms with van der Waals surface area (Å²) >= 11 is 0. The van der Waals surface area contributed by atoms with Crippen molar-refractivity contribution < 1.29 is 43.2 Å². The number of urea groups is 1. The minimum Gasteiger partial charge on any atom is -0.493 e. The van der Waals surface area contributed by atoms with Crippen LogP contribution in [0.4, 0.5) is 10.5 Å². The van der Waals surface area contributed by atoms with Gasteiger partial charge in [0.05, 0.1) is 57.1 Å². The molecule has 2 N–H and O–H groups in total. The molecular weight excluding hydrogens is 1010 g/mol. The number of fused-ring (bicyclic) bond motifs is 4. The van der Waals surface area contributed by atoms with Crippen molar-refractivity contribution in [1.82, 2.24) is 20.0 Å². The number of cyclic esters (lactones) is 1. The number of hydrogen-bond donors (Lipinski definition) is 2. The van der Waals surface area contributed by atoms with E-state index < -0.39 is 65.4 Å². The summed E-state index contributed by atoms with van der Waals surface area (Å²) in [6.45, 7) is 2.82. The summed E-state index contributed by atoms with van der Waals surface area (Å²) in [5.74, 6) is 4.65. The number of amides is 4. The van der Waals surface area contributed by atoms with Crippen LogP contribution in [0.1, 0.15) is 81.2 Å². The summed E-state index contributed by atoms with van der Waals surface area (Å²) in [4.78, 5) is 72.4. The number of rotatable bonds is 14. The van der Waals surface area contributed by atoms with Gasteiger partial charge in [0.25, 0.3) is 0 Å². The van der Waals surface area contributed by atoms with Gasteiger partial charge in [-0.05, 0) is 95.7 Å². The third-order valence-electron chi connectivity index (χ3n) is 16.0. The second-order valence-corrected chi connectivity index (χ2v) is 20.8. The van der Waals surface area contributed by atoms with E-state index in [2.05, 4.69) is 34.2 Å². The number of anilines is 1. The highest BCUT2D eigenvalue weighted by Gasteiger charge is 2.76. The minimum absolute atomic E-state index is 0.102. The lowest BCUT2D eigenvalue weighted by atomic mass is 9.64. The van der Waals surface area contributed by atoms with Gasteiger partial charge in [-0.2, -0.15) is 0 Å². The van der Waals surface area contributed by atoms with Crippen LogP contribution in [-0.2, 0) is 44.0 Å². The normalized spacial score (nSPS) is 21.4. The summed E-state index contributed by atoms with van der Waals surface area (Å²) in [5.41, 5.74) is 4.65. The molecule has 0 bridgehead atoms. The predicted molar refractivity (Wildman–Crippen MR) is 303 cm³/mol. The Bertz CT molecular complexity index is 3480. The second-order valence-electron chi connectivity index (χ2n) is 20.8. The number of imide groups is 1. The van der Waals surface area contributed by atoms with Gasteiger partial charge < -0.3 is 34.3 Å². The molecule has 0 saturated carbocycles. The van der Waals surface area contributed by atoms with Crippen LogP contribution in [0, 0.1) is 17.8 Å². The zero-order valence-corrected chi connectivity index (χ0v) is 45.2. The number of aliphatic hydroxyl groups excluding tert-OH is 1. The van der Waals surface area contributed by atoms with Crippen LogP contribution < -0.4 is 24.4 Å². The number of esters is 1. The molecule has 1 spiro atoms. The van der Waals surface area contributed by atoms with Gasteiger partial charge in [-0.3, -0.25) is 24.2 Å². The highest BCUT2D eigenvalue weighted by atomic mass is 16.6. The molecule has 4 aliphatic rings. The molecule has 7 unspecified atom stereocenters. The van der Waals surface area contributed by atoms with Crippen molar-refractivity contribution in [1.29, 1.82) is 0 Å². The molecule has 0 aromatic heterocycles. The van der Waals surface area contributed by atoms with Gasteiger partial charge >= 0.3 is 12.0 Å². The van der Waals surface area contributed by atoms with Crippen LogP contribution in [-0.4, -0.2) is 97.2 Å². The Morgan fingerprint density at radius 1 is 0.775 bits per heavy atom. The number of ether oxygens (including phenoxy) is 4. The average Bonchev–Trinajstić information content (AvgIpc) is 1.90. The van der Waals surface area contributed by atoms with Gasteiger partial charge in [0.15, 0.2) is 11.5 Å². The molecule has 0 aliphatic carbocycles. The Kier molecular flexibility index (Phi) is 15.3. The molecule has 2 saturated heterocycles. The Hall–Kier alpha value is -8.74. The second kappa shape index (κ2) is 22.9. The number of nitrogens with one attached hydrogen (secondary N) is 1. The van der Waals surface area contributed by atoms with Crippen LogP contribution in [0.25, 0.3) is 0 Å². The number of carbonyl (C=O) groups excluding carboxylic acids is 4. The molecule has 4 aliphatic heterocycles. The monoisotopic (exact) mass is 1070 g/mol. The molecule has 406 valence electrons. The molecule has 4 heterocycles. The number of carbonyl (C=O) groups is 4. The van der Waals surface area contributed by atoms with Crippen LogP contribution >= 0.6 is 0 Å². The van der Waals surface area contributed by atoms with Crippen molar-refractivity contribution in [3.63, 3.8) is 0 Å². The van der Waals surface area contributed by atoms with Crippen LogP contribution in [0.3, 0.4) is 0 Å². The molecule has 14 nitrogen and oxygen atoms in total. The Morgan fingerprint density at radius 3 is 2.10 bits per heavy atom. The number of methoxy groups -OCH3 is 2. The molecule has 2 fully saturated rings. The number of morpholine rings is 1. The minimum atomic E-state index is -2.08. The maximum absolute atomic E-state index is 17.2. The molecule has 14 heteroatoms. The quantitative estimate of drug-likeness (QED) is 0.0793.